The molecule has 154 valence electrons. The number of rotatable bonds is 4. The molecule has 0 fully saturated rings. The number of ether oxygens (including phenoxy) is 1. The molecule has 1 heterocycles. The Hall–Kier alpha value is -2.24. The van der Waals surface area contributed by atoms with E-state index in [1.165, 1.54) is 7.11 Å². The summed E-state index contributed by atoms with van der Waals surface area (Å²) < 4.78 is 5.29. The topological polar surface area (TPSA) is 53.8 Å². The standard InChI is InChI=1S/C23H19Cl3N2O2/c1-30-21-4-2-3-17(22(21)29)20-12-19(13-5-7-14(24)8-6-13)27-23(28-20)16-10-9-15(25)11-18(16)26/h2-11,20,23,28-29H,12H2,1H3. The van der Waals surface area contributed by atoms with Gasteiger partial charge in [-0.25, -0.2) is 0 Å². The van der Waals surface area contributed by atoms with E-state index in [9.17, 15) is 5.11 Å². The third kappa shape index (κ3) is 4.28. The van der Waals surface area contributed by atoms with E-state index in [-0.39, 0.29) is 11.8 Å². The fraction of sp³-hybridized carbons (Fsp3) is 0.174. The maximum absolute atomic E-state index is 10.7. The molecule has 2 unspecified atom stereocenters. The van der Waals surface area contributed by atoms with E-state index in [4.69, 9.17) is 44.5 Å². The van der Waals surface area contributed by atoms with E-state index in [0.717, 1.165) is 22.4 Å². The van der Waals surface area contributed by atoms with Crippen LogP contribution >= 0.6 is 34.8 Å². The lowest BCUT2D eigenvalue weighted by Gasteiger charge is -2.31. The van der Waals surface area contributed by atoms with Crippen LogP contribution in [0, 0.1) is 0 Å². The molecule has 3 aromatic carbocycles. The smallest absolute Gasteiger partial charge is 0.162 e. The van der Waals surface area contributed by atoms with Gasteiger partial charge in [-0.3, -0.25) is 10.3 Å². The predicted octanol–water partition coefficient (Wildman–Crippen LogP) is 6.58. The van der Waals surface area contributed by atoms with Crippen LogP contribution in [0.1, 0.15) is 35.3 Å². The van der Waals surface area contributed by atoms with Crippen molar-refractivity contribution in [1.82, 2.24) is 5.32 Å². The second kappa shape index (κ2) is 8.86. The first kappa shape index (κ1) is 21.0. The summed E-state index contributed by atoms with van der Waals surface area (Å²) >= 11 is 18.6. The number of hydrogen-bond donors (Lipinski definition) is 2. The van der Waals surface area contributed by atoms with Gasteiger partial charge in [-0.05, 0) is 35.9 Å². The largest absolute Gasteiger partial charge is 0.504 e. The molecule has 1 aliphatic rings. The van der Waals surface area contributed by atoms with Crippen molar-refractivity contribution in [2.45, 2.75) is 18.6 Å². The second-order valence-electron chi connectivity index (χ2n) is 6.97. The van der Waals surface area contributed by atoms with E-state index >= 15 is 0 Å². The molecule has 0 saturated heterocycles. The molecule has 0 saturated carbocycles. The molecular formula is C23H19Cl3N2O2. The number of hydrogen-bond acceptors (Lipinski definition) is 4. The van der Waals surface area contributed by atoms with Crippen LogP contribution in [0.2, 0.25) is 15.1 Å². The number of phenolic OH excluding ortho intramolecular Hbond substituents is 1. The highest BCUT2D eigenvalue weighted by Crippen LogP contribution is 2.40. The zero-order chi connectivity index (χ0) is 21.3. The van der Waals surface area contributed by atoms with Crippen molar-refractivity contribution < 1.29 is 9.84 Å². The SMILES string of the molecule is COc1cccc(C2CC(c3ccc(Cl)cc3)=NC(c3ccc(Cl)cc3Cl)N2)c1O. The summed E-state index contributed by atoms with van der Waals surface area (Å²) in [5.74, 6) is 0.529. The summed E-state index contributed by atoms with van der Waals surface area (Å²) in [5, 5.41) is 16.0. The van der Waals surface area contributed by atoms with Gasteiger partial charge >= 0.3 is 0 Å². The Morgan fingerprint density at radius 3 is 2.40 bits per heavy atom. The first-order chi connectivity index (χ1) is 14.5. The quantitative estimate of drug-likeness (QED) is 0.461. The average molecular weight is 462 g/mol. The summed E-state index contributed by atoms with van der Waals surface area (Å²) in [7, 11) is 1.53. The minimum atomic E-state index is -0.412. The van der Waals surface area contributed by atoms with Gasteiger partial charge in [-0.1, -0.05) is 65.1 Å². The number of para-hydroxylation sites is 1. The van der Waals surface area contributed by atoms with Gasteiger partial charge in [-0.15, -0.1) is 0 Å². The summed E-state index contributed by atoms with van der Waals surface area (Å²) in [6, 6.07) is 18.1. The molecule has 0 aliphatic carbocycles. The first-order valence-corrected chi connectivity index (χ1v) is 10.5. The minimum Gasteiger partial charge on any atom is -0.504 e. The van der Waals surface area contributed by atoms with Crippen LogP contribution in [0.25, 0.3) is 0 Å². The molecule has 3 aromatic rings. The highest BCUT2D eigenvalue weighted by Gasteiger charge is 2.29. The van der Waals surface area contributed by atoms with E-state index in [2.05, 4.69) is 5.32 Å². The summed E-state index contributed by atoms with van der Waals surface area (Å²) in [4.78, 5) is 4.91. The maximum atomic E-state index is 10.7. The molecule has 0 aromatic heterocycles. The molecule has 7 heteroatoms. The normalized spacial score (nSPS) is 18.7. The fourth-order valence-corrected chi connectivity index (χ4v) is 4.23. The number of benzene rings is 3. The van der Waals surface area contributed by atoms with E-state index < -0.39 is 6.17 Å². The molecule has 0 amide bonds. The van der Waals surface area contributed by atoms with Gasteiger partial charge in [0, 0.05) is 44.4 Å². The summed E-state index contributed by atoms with van der Waals surface area (Å²) in [6.45, 7) is 0. The van der Waals surface area contributed by atoms with Gasteiger partial charge in [0.15, 0.2) is 11.5 Å². The van der Waals surface area contributed by atoms with Gasteiger partial charge in [0.25, 0.3) is 0 Å². The lowest BCUT2D eigenvalue weighted by atomic mass is 9.93. The predicted molar refractivity (Wildman–Crippen MR) is 122 cm³/mol. The van der Waals surface area contributed by atoms with Crippen molar-refractivity contribution in [3.8, 4) is 11.5 Å². The highest BCUT2D eigenvalue weighted by atomic mass is 35.5. The van der Waals surface area contributed by atoms with Gasteiger partial charge in [-0.2, -0.15) is 0 Å². The Kier molecular flexibility index (Phi) is 6.21. The average Bonchev–Trinajstić information content (AvgIpc) is 2.74. The van der Waals surface area contributed by atoms with Crippen molar-refractivity contribution in [3.05, 3.63) is 92.4 Å². The van der Waals surface area contributed by atoms with Crippen molar-refractivity contribution in [2.75, 3.05) is 7.11 Å². The molecule has 0 bridgehead atoms. The number of methoxy groups -OCH3 is 1. The van der Waals surface area contributed by atoms with E-state index in [1.807, 2.05) is 42.5 Å². The molecule has 0 spiro atoms. The van der Waals surface area contributed by atoms with Crippen LogP contribution in [0.4, 0.5) is 0 Å². The van der Waals surface area contributed by atoms with Gasteiger partial charge < -0.3 is 9.84 Å². The van der Waals surface area contributed by atoms with Crippen LogP contribution in [-0.2, 0) is 0 Å². The van der Waals surface area contributed by atoms with Gasteiger partial charge in [0.2, 0.25) is 0 Å². The Labute approximate surface area is 190 Å². The van der Waals surface area contributed by atoms with Crippen LogP contribution < -0.4 is 10.1 Å². The van der Waals surface area contributed by atoms with Crippen LogP contribution in [0.15, 0.2) is 65.7 Å². The van der Waals surface area contributed by atoms with Gasteiger partial charge in [0.1, 0.15) is 6.17 Å². The number of aliphatic imine (C=N–C) groups is 1. The zero-order valence-corrected chi connectivity index (χ0v) is 18.3. The molecule has 1 aliphatic heterocycles. The molecule has 4 nitrogen and oxygen atoms in total. The minimum absolute atomic E-state index is 0.107. The highest BCUT2D eigenvalue weighted by molar-refractivity contribution is 6.35. The third-order valence-corrected chi connectivity index (χ3v) is 5.92. The third-order valence-electron chi connectivity index (χ3n) is 5.10. The Morgan fingerprint density at radius 1 is 0.967 bits per heavy atom. The van der Waals surface area contributed by atoms with E-state index in [1.54, 1.807) is 18.2 Å². The Balaban J connectivity index is 1.79. The van der Waals surface area contributed by atoms with Crippen molar-refractivity contribution in [2.24, 2.45) is 4.99 Å². The number of nitrogens with one attached hydrogen (secondary N) is 1. The summed E-state index contributed by atoms with van der Waals surface area (Å²) in [6.07, 6.45) is 0.161. The van der Waals surface area contributed by atoms with E-state index in [0.29, 0.717) is 27.2 Å². The van der Waals surface area contributed by atoms with Crippen LogP contribution in [0.3, 0.4) is 0 Å². The number of halogens is 3. The molecule has 2 atom stereocenters. The lowest BCUT2D eigenvalue weighted by Crippen LogP contribution is -2.33. The van der Waals surface area contributed by atoms with Crippen molar-refractivity contribution in [1.29, 1.82) is 0 Å². The zero-order valence-electron chi connectivity index (χ0n) is 16.1. The molecule has 0 radical (unpaired) electrons. The fourth-order valence-electron chi connectivity index (χ4n) is 3.59. The molecular weight excluding hydrogens is 443 g/mol. The Morgan fingerprint density at radius 2 is 1.70 bits per heavy atom. The van der Waals surface area contributed by atoms with Crippen LogP contribution in [-0.4, -0.2) is 17.9 Å². The van der Waals surface area contributed by atoms with Crippen LogP contribution in [0.5, 0.6) is 11.5 Å². The Bertz CT molecular complexity index is 1100. The number of aromatic hydroxyl groups is 1. The molecule has 2 N–H and O–H groups in total. The van der Waals surface area contributed by atoms with Crippen molar-refractivity contribution in [3.63, 3.8) is 0 Å². The van der Waals surface area contributed by atoms with Crippen molar-refractivity contribution >= 4 is 40.5 Å². The molecule has 4 rings (SSSR count). The molecule has 30 heavy (non-hydrogen) atoms. The first-order valence-electron chi connectivity index (χ1n) is 9.35. The number of phenols is 1. The monoisotopic (exact) mass is 460 g/mol. The summed E-state index contributed by atoms with van der Waals surface area (Å²) in [5.41, 5.74) is 3.38. The number of nitrogens with zero attached hydrogens (tertiary/aromatic N) is 1. The lowest BCUT2D eigenvalue weighted by molar-refractivity contribution is 0.360. The second-order valence-corrected chi connectivity index (χ2v) is 8.25. The maximum Gasteiger partial charge on any atom is 0.162 e. The van der Waals surface area contributed by atoms with Gasteiger partial charge in [0.05, 0.1) is 7.11 Å².